The average molecular weight is 357 g/mol. The third-order valence-electron chi connectivity index (χ3n) is 5.41. The van der Waals surface area contributed by atoms with Crippen molar-refractivity contribution in [2.45, 2.75) is 18.8 Å². The molecule has 5 heteroatoms. The van der Waals surface area contributed by atoms with E-state index in [0.717, 1.165) is 25.2 Å². The quantitative estimate of drug-likeness (QED) is 0.899. The van der Waals surface area contributed by atoms with Crippen molar-refractivity contribution in [2.75, 3.05) is 19.6 Å². The molecule has 1 atom stereocenters. The molecular weight excluding hydrogens is 336 g/mol. The standard InChI is InChI=1S/C20H21ClN2O2/c21-18-3-1-2-4-19(18)25-14-5-6-15(20(22)24)16(11-14)17-12-23-9-7-13(17)8-10-23/h1-6,11,13,17H,7-10,12H2,(H2,22,24). The Hall–Kier alpha value is -2.04. The summed E-state index contributed by atoms with van der Waals surface area (Å²) in [6.45, 7) is 3.30. The maximum absolute atomic E-state index is 11.9. The van der Waals surface area contributed by atoms with Gasteiger partial charge in [-0.2, -0.15) is 0 Å². The molecule has 0 saturated carbocycles. The lowest BCUT2D eigenvalue weighted by molar-refractivity contribution is 0.0855. The number of benzene rings is 2. The van der Waals surface area contributed by atoms with E-state index >= 15 is 0 Å². The van der Waals surface area contributed by atoms with Gasteiger partial charge in [0.05, 0.1) is 5.02 Å². The van der Waals surface area contributed by atoms with E-state index in [1.54, 1.807) is 18.2 Å². The molecule has 1 unspecified atom stereocenters. The summed E-state index contributed by atoms with van der Waals surface area (Å²) >= 11 is 6.19. The number of fused-ring (bicyclic) bond motifs is 3. The molecule has 5 rings (SSSR count). The van der Waals surface area contributed by atoms with Crippen molar-refractivity contribution < 1.29 is 9.53 Å². The van der Waals surface area contributed by atoms with Crippen molar-refractivity contribution >= 4 is 17.5 Å². The summed E-state index contributed by atoms with van der Waals surface area (Å²) in [4.78, 5) is 14.4. The molecule has 0 spiro atoms. The first kappa shape index (κ1) is 16.4. The summed E-state index contributed by atoms with van der Waals surface area (Å²) in [5.74, 6) is 1.86. The fraction of sp³-hybridized carbons (Fsp3) is 0.350. The van der Waals surface area contributed by atoms with Crippen molar-refractivity contribution in [2.24, 2.45) is 11.7 Å². The number of rotatable bonds is 4. The van der Waals surface area contributed by atoms with Gasteiger partial charge in [0.25, 0.3) is 0 Å². The zero-order chi connectivity index (χ0) is 17.4. The highest BCUT2D eigenvalue weighted by atomic mass is 35.5. The number of para-hydroxylation sites is 1. The van der Waals surface area contributed by atoms with E-state index in [9.17, 15) is 4.79 Å². The normalized spacial score (nSPS) is 24.9. The van der Waals surface area contributed by atoms with Gasteiger partial charge < -0.3 is 15.4 Å². The van der Waals surface area contributed by atoms with Crippen LogP contribution in [0.1, 0.15) is 34.7 Å². The van der Waals surface area contributed by atoms with Crippen molar-refractivity contribution in [3.63, 3.8) is 0 Å². The monoisotopic (exact) mass is 356 g/mol. The molecule has 0 aliphatic carbocycles. The highest BCUT2D eigenvalue weighted by molar-refractivity contribution is 6.32. The summed E-state index contributed by atoms with van der Waals surface area (Å²) in [7, 11) is 0. The van der Waals surface area contributed by atoms with E-state index in [1.165, 1.54) is 12.8 Å². The van der Waals surface area contributed by atoms with E-state index < -0.39 is 0 Å². The Bertz CT molecular complexity index is 800. The first-order chi connectivity index (χ1) is 12.1. The van der Waals surface area contributed by atoms with Gasteiger partial charge in [-0.15, -0.1) is 0 Å². The molecule has 1 amide bonds. The SMILES string of the molecule is NC(=O)c1ccc(Oc2ccccc2Cl)cc1C1CN2CCC1CC2. The molecule has 25 heavy (non-hydrogen) atoms. The fourth-order valence-electron chi connectivity index (χ4n) is 4.11. The molecule has 4 nitrogen and oxygen atoms in total. The number of carbonyl (C=O) groups excluding carboxylic acids is 1. The first-order valence-electron chi connectivity index (χ1n) is 8.70. The summed E-state index contributed by atoms with van der Waals surface area (Å²) in [6.07, 6.45) is 2.36. The summed E-state index contributed by atoms with van der Waals surface area (Å²) in [5.41, 5.74) is 7.24. The summed E-state index contributed by atoms with van der Waals surface area (Å²) < 4.78 is 5.96. The minimum absolute atomic E-state index is 0.333. The van der Waals surface area contributed by atoms with Crippen molar-refractivity contribution in [3.8, 4) is 11.5 Å². The molecule has 3 saturated heterocycles. The third kappa shape index (κ3) is 3.24. The van der Waals surface area contributed by atoms with Gasteiger partial charge in [0, 0.05) is 18.0 Å². The summed E-state index contributed by atoms with van der Waals surface area (Å²) in [5, 5.41) is 0.561. The van der Waals surface area contributed by atoms with Crippen LogP contribution in [0.15, 0.2) is 42.5 Å². The number of primary amides is 1. The average Bonchev–Trinajstić information content (AvgIpc) is 2.64. The van der Waals surface area contributed by atoms with Gasteiger partial charge in [0.2, 0.25) is 5.91 Å². The molecule has 2 N–H and O–H groups in total. The van der Waals surface area contributed by atoms with Gasteiger partial charge in [-0.05, 0) is 67.7 Å². The molecular formula is C20H21ClN2O2. The Morgan fingerprint density at radius 1 is 1.16 bits per heavy atom. The molecule has 2 bridgehead atoms. The van der Waals surface area contributed by atoms with Gasteiger partial charge in [0.15, 0.2) is 0 Å². The van der Waals surface area contributed by atoms with Gasteiger partial charge in [-0.3, -0.25) is 4.79 Å². The lowest BCUT2D eigenvalue weighted by Crippen LogP contribution is -2.46. The molecule has 3 heterocycles. The first-order valence-corrected chi connectivity index (χ1v) is 9.08. The summed E-state index contributed by atoms with van der Waals surface area (Å²) in [6, 6.07) is 12.9. The van der Waals surface area contributed by atoms with Gasteiger partial charge >= 0.3 is 0 Å². The van der Waals surface area contributed by atoms with Crippen molar-refractivity contribution in [1.29, 1.82) is 0 Å². The van der Waals surface area contributed by atoms with E-state index in [-0.39, 0.29) is 5.91 Å². The second-order valence-electron chi connectivity index (χ2n) is 6.89. The fourth-order valence-corrected chi connectivity index (χ4v) is 4.28. The van der Waals surface area contributed by atoms with Gasteiger partial charge in [-0.1, -0.05) is 23.7 Å². The van der Waals surface area contributed by atoms with E-state index in [1.807, 2.05) is 24.3 Å². The number of amides is 1. The minimum atomic E-state index is -0.379. The molecule has 3 fully saturated rings. The van der Waals surface area contributed by atoms with Crippen molar-refractivity contribution in [3.05, 3.63) is 58.6 Å². The van der Waals surface area contributed by atoms with E-state index in [2.05, 4.69) is 4.90 Å². The molecule has 0 radical (unpaired) electrons. The predicted molar refractivity (Wildman–Crippen MR) is 98.4 cm³/mol. The Balaban J connectivity index is 1.69. The Morgan fingerprint density at radius 3 is 2.56 bits per heavy atom. The zero-order valence-electron chi connectivity index (χ0n) is 14.0. The van der Waals surface area contributed by atoms with Crippen LogP contribution in [0.5, 0.6) is 11.5 Å². The number of nitrogens with two attached hydrogens (primary N) is 1. The topological polar surface area (TPSA) is 55.6 Å². The van der Waals surface area contributed by atoms with Crippen LogP contribution in [0, 0.1) is 5.92 Å². The second-order valence-corrected chi connectivity index (χ2v) is 7.30. The van der Waals surface area contributed by atoms with Crippen LogP contribution in [-0.2, 0) is 0 Å². The maximum atomic E-state index is 11.9. The second kappa shape index (κ2) is 6.70. The predicted octanol–water partition coefficient (Wildman–Crippen LogP) is 4.04. The Morgan fingerprint density at radius 2 is 1.92 bits per heavy atom. The zero-order valence-corrected chi connectivity index (χ0v) is 14.7. The third-order valence-corrected chi connectivity index (χ3v) is 5.72. The number of hydrogen-bond acceptors (Lipinski definition) is 3. The number of piperidine rings is 3. The highest BCUT2D eigenvalue weighted by Crippen LogP contribution is 2.41. The highest BCUT2D eigenvalue weighted by Gasteiger charge is 2.36. The number of ether oxygens (including phenoxy) is 1. The van der Waals surface area contributed by atoms with E-state index in [4.69, 9.17) is 22.1 Å². The van der Waals surface area contributed by atoms with E-state index in [0.29, 0.717) is 33.9 Å². The largest absolute Gasteiger partial charge is 0.456 e. The van der Waals surface area contributed by atoms with Crippen LogP contribution in [-0.4, -0.2) is 30.4 Å². The Kier molecular flexibility index (Phi) is 4.40. The molecule has 2 aromatic rings. The minimum Gasteiger partial charge on any atom is -0.456 e. The van der Waals surface area contributed by atoms with Crippen molar-refractivity contribution in [1.82, 2.24) is 4.90 Å². The number of nitrogens with zero attached hydrogens (tertiary/aromatic N) is 1. The van der Waals surface area contributed by atoms with Crippen LogP contribution in [0.25, 0.3) is 0 Å². The maximum Gasteiger partial charge on any atom is 0.248 e. The molecule has 0 aromatic heterocycles. The Labute approximate surface area is 152 Å². The lowest BCUT2D eigenvalue weighted by Gasteiger charge is -2.45. The molecule has 130 valence electrons. The number of halogens is 1. The van der Waals surface area contributed by atoms with Gasteiger partial charge in [0.1, 0.15) is 11.5 Å². The van der Waals surface area contributed by atoms with Crippen LogP contribution in [0.3, 0.4) is 0 Å². The van der Waals surface area contributed by atoms with Crippen LogP contribution in [0.2, 0.25) is 5.02 Å². The van der Waals surface area contributed by atoms with Gasteiger partial charge in [-0.25, -0.2) is 0 Å². The molecule has 3 aliphatic heterocycles. The van der Waals surface area contributed by atoms with Crippen LogP contribution in [0.4, 0.5) is 0 Å². The number of carbonyl (C=O) groups is 1. The van der Waals surface area contributed by atoms with Crippen LogP contribution < -0.4 is 10.5 Å². The lowest BCUT2D eigenvalue weighted by atomic mass is 9.74. The molecule has 2 aromatic carbocycles. The molecule has 3 aliphatic rings. The smallest absolute Gasteiger partial charge is 0.248 e. The van der Waals surface area contributed by atoms with Crippen LogP contribution >= 0.6 is 11.6 Å². The number of hydrogen-bond donors (Lipinski definition) is 1.